The quantitative estimate of drug-likeness (QED) is 0.0269. The summed E-state index contributed by atoms with van der Waals surface area (Å²) < 4.78 is 33.1. The van der Waals surface area contributed by atoms with Crippen molar-refractivity contribution in [1.82, 2.24) is 5.32 Å². The third-order valence-electron chi connectivity index (χ3n) is 8.58. The summed E-state index contributed by atoms with van der Waals surface area (Å²) >= 11 is 0. The van der Waals surface area contributed by atoms with E-state index >= 15 is 0 Å². The lowest BCUT2D eigenvalue weighted by Crippen LogP contribution is -2.29. The molecule has 2 N–H and O–H groups in total. The molecular weight excluding hydrogens is 774 g/mol. The molecule has 0 aliphatic rings. The molecule has 9 nitrogen and oxygen atoms in total. The summed E-state index contributed by atoms with van der Waals surface area (Å²) in [4.78, 5) is 35.1. The van der Waals surface area contributed by atoms with Gasteiger partial charge in [-0.2, -0.15) is 0 Å². The number of ether oxygens (including phenoxy) is 2. The van der Waals surface area contributed by atoms with Crippen LogP contribution in [0.4, 0.5) is 0 Å². The van der Waals surface area contributed by atoms with E-state index in [1.54, 1.807) is 7.05 Å². The van der Waals surface area contributed by atoms with Gasteiger partial charge in [0.2, 0.25) is 0 Å². The molecule has 0 aliphatic carbocycles. The van der Waals surface area contributed by atoms with E-state index < -0.39 is 32.5 Å². The van der Waals surface area contributed by atoms with Gasteiger partial charge in [-0.1, -0.05) is 155 Å². The van der Waals surface area contributed by atoms with Crippen molar-refractivity contribution in [1.29, 1.82) is 0 Å². The summed E-state index contributed by atoms with van der Waals surface area (Å²) in [6, 6.07) is 0. The van der Waals surface area contributed by atoms with Crippen molar-refractivity contribution in [3.8, 4) is 0 Å². The first kappa shape index (κ1) is 56.4. The Morgan fingerprint density at radius 2 is 0.983 bits per heavy atom. The molecule has 2 atom stereocenters. The average Bonchev–Trinajstić information content (AvgIpc) is 3.23. The lowest BCUT2D eigenvalue weighted by Gasteiger charge is -2.19. The maximum Gasteiger partial charge on any atom is 0.472 e. The van der Waals surface area contributed by atoms with Crippen molar-refractivity contribution in [3.05, 3.63) is 122 Å². The summed E-state index contributed by atoms with van der Waals surface area (Å²) in [5.74, 6) is -0.955. The third kappa shape index (κ3) is 44.0. The first-order chi connectivity index (χ1) is 29.3. The zero-order valence-corrected chi connectivity index (χ0v) is 38.2. The molecule has 10 heteroatoms. The van der Waals surface area contributed by atoms with Gasteiger partial charge in [-0.3, -0.25) is 18.6 Å². The predicted octanol–water partition coefficient (Wildman–Crippen LogP) is 13.2. The number of phosphoric acid groups is 1. The summed E-state index contributed by atoms with van der Waals surface area (Å²) in [6.45, 7) is 3.93. The van der Waals surface area contributed by atoms with E-state index in [1.165, 1.54) is 25.7 Å². The number of esters is 2. The van der Waals surface area contributed by atoms with Gasteiger partial charge in [0.15, 0.2) is 6.10 Å². The minimum atomic E-state index is -4.39. The summed E-state index contributed by atoms with van der Waals surface area (Å²) in [5, 5.41) is 2.81. The van der Waals surface area contributed by atoms with Crippen molar-refractivity contribution in [2.24, 2.45) is 0 Å². The lowest BCUT2D eigenvalue weighted by atomic mass is 10.1. The molecule has 2 unspecified atom stereocenters. The summed E-state index contributed by atoms with van der Waals surface area (Å²) in [7, 11) is -2.70. The van der Waals surface area contributed by atoms with E-state index in [9.17, 15) is 19.0 Å². The first-order valence-corrected chi connectivity index (χ1v) is 24.0. The van der Waals surface area contributed by atoms with Crippen LogP contribution in [0.5, 0.6) is 0 Å². The highest BCUT2D eigenvalue weighted by atomic mass is 31.2. The van der Waals surface area contributed by atoms with E-state index in [1.807, 2.05) is 12.2 Å². The van der Waals surface area contributed by atoms with Gasteiger partial charge in [-0.15, -0.1) is 0 Å². The van der Waals surface area contributed by atoms with Crippen molar-refractivity contribution in [3.63, 3.8) is 0 Å². The molecule has 60 heavy (non-hydrogen) atoms. The monoisotopic (exact) mass is 854 g/mol. The Morgan fingerprint density at radius 1 is 0.533 bits per heavy atom. The van der Waals surface area contributed by atoms with E-state index in [-0.39, 0.29) is 26.1 Å². The van der Waals surface area contributed by atoms with E-state index in [4.69, 9.17) is 18.5 Å². The van der Waals surface area contributed by atoms with Crippen LogP contribution in [0, 0.1) is 0 Å². The van der Waals surface area contributed by atoms with Crippen LogP contribution < -0.4 is 5.32 Å². The van der Waals surface area contributed by atoms with Gasteiger partial charge < -0.3 is 19.7 Å². The fourth-order valence-corrected chi connectivity index (χ4v) is 5.96. The Labute approximate surface area is 364 Å². The van der Waals surface area contributed by atoms with Gasteiger partial charge in [0.05, 0.1) is 13.2 Å². The van der Waals surface area contributed by atoms with Gasteiger partial charge in [-0.05, 0) is 103 Å². The lowest BCUT2D eigenvalue weighted by molar-refractivity contribution is -0.161. The maximum absolute atomic E-state index is 12.6. The number of unbranched alkanes of at least 4 members (excludes halogenated alkanes) is 6. The number of hydrogen-bond acceptors (Lipinski definition) is 8. The number of carbonyl (C=O) groups is 2. The van der Waals surface area contributed by atoms with Crippen LogP contribution in [0.25, 0.3) is 0 Å². The number of hydrogen-bond donors (Lipinski definition) is 2. The highest BCUT2D eigenvalue weighted by molar-refractivity contribution is 7.47. The normalized spacial score (nSPS) is 14.4. The van der Waals surface area contributed by atoms with Gasteiger partial charge in [0.25, 0.3) is 0 Å². The Morgan fingerprint density at radius 3 is 1.45 bits per heavy atom. The topological polar surface area (TPSA) is 120 Å². The Hall–Kier alpha value is -3.59. The van der Waals surface area contributed by atoms with Crippen molar-refractivity contribution < 1.29 is 37.6 Å². The molecule has 0 rings (SSSR count). The van der Waals surface area contributed by atoms with Gasteiger partial charge in [-0.25, -0.2) is 4.57 Å². The van der Waals surface area contributed by atoms with Crippen LogP contribution in [-0.4, -0.2) is 56.3 Å². The second-order valence-corrected chi connectivity index (χ2v) is 15.6. The third-order valence-corrected chi connectivity index (χ3v) is 9.56. The molecule has 0 aromatic rings. The zero-order valence-electron chi connectivity index (χ0n) is 37.3. The predicted molar refractivity (Wildman–Crippen MR) is 252 cm³/mol. The fourth-order valence-electron chi connectivity index (χ4n) is 5.21. The smallest absolute Gasteiger partial charge is 0.462 e. The number of carbonyl (C=O) groups excluding carboxylic acids is 2. The van der Waals surface area contributed by atoms with Crippen molar-refractivity contribution in [2.75, 3.05) is 33.4 Å². The molecule has 0 spiro atoms. The fraction of sp³-hybridized carbons (Fsp3) is 0.560. The Bertz CT molecular complexity index is 1390. The van der Waals surface area contributed by atoms with E-state index in [0.717, 1.165) is 77.0 Å². The minimum Gasteiger partial charge on any atom is -0.462 e. The second kappa shape index (κ2) is 44.9. The number of rotatable bonds is 40. The molecule has 0 amide bonds. The highest BCUT2D eigenvalue weighted by Gasteiger charge is 2.26. The Balaban J connectivity index is 4.43. The number of likely N-dealkylation sites (N-methyl/N-ethyl adjacent to an activating group) is 1. The molecule has 0 aliphatic heterocycles. The van der Waals surface area contributed by atoms with Crippen LogP contribution in [0.15, 0.2) is 122 Å². The Kier molecular flexibility index (Phi) is 42.3. The van der Waals surface area contributed by atoms with Crippen LogP contribution in [-0.2, 0) is 32.7 Å². The number of nitrogens with one attached hydrogen (secondary N) is 1. The van der Waals surface area contributed by atoms with Crippen molar-refractivity contribution in [2.45, 2.75) is 148 Å². The number of phosphoric ester groups is 1. The zero-order chi connectivity index (χ0) is 43.9. The van der Waals surface area contributed by atoms with Crippen LogP contribution in [0.3, 0.4) is 0 Å². The largest absolute Gasteiger partial charge is 0.472 e. The molecule has 0 fully saturated rings. The van der Waals surface area contributed by atoms with Crippen LogP contribution in [0.2, 0.25) is 0 Å². The van der Waals surface area contributed by atoms with E-state index in [2.05, 4.69) is 129 Å². The standard InChI is InChI=1S/C50H80NO8P/c1-4-6-8-10-12-14-16-18-20-22-24-26-28-30-32-34-36-38-40-42-49(52)56-46-48(47-58-60(54,55)57-45-44-51-3)59-50(53)43-41-39-37-35-33-31-29-27-25-23-21-19-17-15-13-11-9-7-5-2/h7,9,12-15,18-21,24-27,30-33,37,39,48,51H,4-6,8,10-11,16-17,22-23,28-29,34-36,38,40-47H2,1-3H3,(H,54,55)/b9-7-,14-12-,15-13-,20-18-,21-19-,26-24-,27-25-,32-30-,33-31-,39-37-. The first-order valence-electron chi connectivity index (χ1n) is 22.5. The minimum absolute atomic E-state index is 0.0436. The molecule has 0 aromatic heterocycles. The maximum atomic E-state index is 12.6. The molecule has 0 aromatic carbocycles. The average molecular weight is 854 g/mol. The summed E-state index contributed by atoms with van der Waals surface area (Å²) in [5.41, 5.74) is 0. The molecule has 0 saturated heterocycles. The van der Waals surface area contributed by atoms with Crippen molar-refractivity contribution >= 4 is 19.8 Å². The van der Waals surface area contributed by atoms with E-state index in [0.29, 0.717) is 19.4 Å². The summed E-state index contributed by atoms with van der Waals surface area (Å²) in [6.07, 6.45) is 59.7. The molecule has 0 bridgehead atoms. The highest BCUT2D eigenvalue weighted by Crippen LogP contribution is 2.43. The molecule has 0 radical (unpaired) electrons. The van der Waals surface area contributed by atoms with Gasteiger partial charge in [0.1, 0.15) is 6.61 Å². The SMILES string of the molecule is CC/C=C\C/C=C\C/C=C\C/C=C\C/C=C\C/C=C\CCC(=O)OC(COC(=O)CCCCC/C=C\C/C=C\C/C=C\C/C=C\CCCCC)COP(=O)(O)OCCNC. The van der Waals surface area contributed by atoms with Crippen LogP contribution >= 0.6 is 7.82 Å². The molecular formula is C50H80NO8P. The number of allylic oxidation sites excluding steroid dienone is 20. The van der Waals surface area contributed by atoms with Gasteiger partial charge >= 0.3 is 19.8 Å². The molecule has 338 valence electrons. The molecule has 0 heterocycles. The van der Waals surface area contributed by atoms with Crippen LogP contribution in [0.1, 0.15) is 142 Å². The molecule has 0 saturated carbocycles. The second-order valence-electron chi connectivity index (χ2n) is 14.1. The van der Waals surface area contributed by atoms with Gasteiger partial charge in [0, 0.05) is 19.4 Å².